The van der Waals surface area contributed by atoms with Gasteiger partial charge < -0.3 is 5.32 Å². The van der Waals surface area contributed by atoms with Gasteiger partial charge in [0.2, 0.25) is 5.91 Å². The van der Waals surface area contributed by atoms with Crippen LogP contribution < -0.4 is 5.32 Å². The molecule has 2 heteroatoms. The molecule has 1 aliphatic carbocycles. The van der Waals surface area contributed by atoms with Gasteiger partial charge in [-0.05, 0) is 24.5 Å². The molecule has 0 spiro atoms. The molecule has 0 radical (unpaired) electrons. The van der Waals surface area contributed by atoms with Gasteiger partial charge in [-0.3, -0.25) is 4.79 Å². The first-order valence-corrected chi connectivity index (χ1v) is 6.22. The Kier molecular flexibility index (Phi) is 6.36. The highest BCUT2D eigenvalue weighted by atomic mass is 16.1. The third-order valence-electron chi connectivity index (χ3n) is 2.64. The van der Waals surface area contributed by atoms with Crippen molar-refractivity contribution in [3.05, 3.63) is 29.5 Å². The maximum atomic E-state index is 11.4. The van der Waals surface area contributed by atoms with Gasteiger partial charge in [-0.25, -0.2) is 0 Å². The van der Waals surface area contributed by atoms with E-state index in [4.69, 9.17) is 0 Å². The lowest BCUT2D eigenvalue weighted by molar-refractivity contribution is -0.121. The third kappa shape index (κ3) is 5.57. The van der Waals surface area contributed by atoms with E-state index in [1.54, 1.807) is 0 Å². The van der Waals surface area contributed by atoms with Crippen LogP contribution in [0.1, 0.15) is 45.4 Å². The van der Waals surface area contributed by atoms with Gasteiger partial charge in [0.25, 0.3) is 0 Å². The zero-order chi connectivity index (χ0) is 11.6. The van der Waals surface area contributed by atoms with E-state index in [2.05, 4.69) is 18.0 Å². The quantitative estimate of drug-likeness (QED) is 0.493. The molecule has 0 aromatic heterocycles. The smallest absolute Gasteiger partial charge is 0.220 e. The van der Waals surface area contributed by atoms with Crippen LogP contribution in [0.15, 0.2) is 29.5 Å². The van der Waals surface area contributed by atoms with Crippen LogP contribution >= 0.6 is 0 Å². The summed E-state index contributed by atoms with van der Waals surface area (Å²) in [6.45, 7) is 3.01. The zero-order valence-electron chi connectivity index (χ0n) is 10.1. The number of hydrogen-bond acceptors (Lipinski definition) is 1. The molecule has 16 heavy (non-hydrogen) atoms. The van der Waals surface area contributed by atoms with Gasteiger partial charge in [-0.1, -0.05) is 38.3 Å². The molecule has 1 amide bonds. The maximum absolute atomic E-state index is 11.4. The fraction of sp³-hybridized carbons (Fsp3) is 0.571. The van der Waals surface area contributed by atoms with Crippen molar-refractivity contribution in [3.63, 3.8) is 0 Å². The van der Waals surface area contributed by atoms with Crippen molar-refractivity contribution >= 4 is 5.91 Å². The zero-order valence-corrected chi connectivity index (χ0v) is 10.1. The average molecular weight is 219 g/mol. The Morgan fingerprint density at radius 1 is 1.38 bits per heavy atom. The molecule has 0 atom stereocenters. The van der Waals surface area contributed by atoms with Gasteiger partial charge in [0.1, 0.15) is 0 Å². The van der Waals surface area contributed by atoms with Crippen molar-refractivity contribution in [2.45, 2.75) is 45.4 Å². The van der Waals surface area contributed by atoms with Crippen LogP contribution in [0.25, 0.3) is 0 Å². The highest BCUT2D eigenvalue weighted by molar-refractivity contribution is 5.76. The summed E-state index contributed by atoms with van der Waals surface area (Å²) in [5, 5.41) is 2.95. The molecule has 88 valence electrons. The molecule has 0 aliphatic heterocycles. The Hall–Kier alpha value is -1.27. The van der Waals surface area contributed by atoms with Gasteiger partial charge in [-0.15, -0.1) is 5.73 Å². The van der Waals surface area contributed by atoms with Crippen LogP contribution in [-0.2, 0) is 4.79 Å². The summed E-state index contributed by atoms with van der Waals surface area (Å²) in [6, 6.07) is 0. The number of rotatable bonds is 8. The molecule has 0 aromatic carbocycles. The Labute approximate surface area is 98.1 Å². The van der Waals surface area contributed by atoms with Gasteiger partial charge in [0.15, 0.2) is 0 Å². The fourth-order valence-electron chi connectivity index (χ4n) is 1.64. The number of allylic oxidation sites excluding steroid dienone is 3. The number of hydrogen-bond donors (Lipinski definition) is 1. The summed E-state index contributed by atoms with van der Waals surface area (Å²) in [6.07, 6.45) is 12.0. The molecular formula is C14H21NO. The van der Waals surface area contributed by atoms with E-state index in [0.29, 0.717) is 6.42 Å². The molecule has 0 unspecified atom stereocenters. The normalized spacial score (nSPS) is 12.9. The highest BCUT2D eigenvalue weighted by Crippen LogP contribution is 2.09. The maximum Gasteiger partial charge on any atom is 0.220 e. The molecular weight excluding hydrogens is 198 g/mol. The summed E-state index contributed by atoms with van der Waals surface area (Å²) in [5.41, 5.74) is 4.22. The van der Waals surface area contributed by atoms with Gasteiger partial charge in [0, 0.05) is 13.0 Å². The Bertz CT molecular complexity index is 309. The SMILES string of the molecule is CCCCCCNC(=O)CCC1=C=CC=C1. The lowest BCUT2D eigenvalue weighted by Gasteiger charge is -2.04. The number of amides is 1. The highest BCUT2D eigenvalue weighted by Gasteiger charge is 2.02. The predicted molar refractivity (Wildman–Crippen MR) is 67.1 cm³/mol. The lowest BCUT2D eigenvalue weighted by Crippen LogP contribution is -2.24. The van der Waals surface area contributed by atoms with E-state index in [1.165, 1.54) is 19.3 Å². The number of carbonyl (C=O) groups excluding carboxylic acids is 1. The van der Waals surface area contributed by atoms with Crippen LogP contribution in [0.4, 0.5) is 0 Å². The van der Waals surface area contributed by atoms with Crippen LogP contribution in [0.5, 0.6) is 0 Å². The minimum Gasteiger partial charge on any atom is -0.356 e. The minimum absolute atomic E-state index is 0.158. The molecule has 0 bridgehead atoms. The van der Waals surface area contributed by atoms with Crippen LogP contribution in [-0.4, -0.2) is 12.5 Å². The average Bonchev–Trinajstić information content (AvgIpc) is 2.79. The third-order valence-corrected chi connectivity index (χ3v) is 2.64. The van der Waals surface area contributed by atoms with E-state index in [-0.39, 0.29) is 5.91 Å². The number of unbranched alkanes of at least 4 members (excludes halogenated alkanes) is 3. The first kappa shape index (κ1) is 12.8. The van der Waals surface area contributed by atoms with E-state index in [0.717, 1.165) is 25.0 Å². The largest absolute Gasteiger partial charge is 0.356 e. The minimum atomic E-state index is 0.158. The van der Waals surface area contributed by atoms with Crippen LogP contribution in [0.3, 0.4) is 0 Å². The van der Waals surface area contributed by atoms with E-state index in [9.17, 15) is 4.79 Å². The second-order valence-corrected chi connectivity index (χ2v) is 4.11. The van der Waals surface area contributed by atoms with Gasteiger partial charge in [-0.2, -0.15) is 0 Å². The Morgan fingerprint density at radius 3 is 2.94 bits per heavy atom. The molecule has 1 rings (SSSR count). The second kappa shape index (κ2) is 7.95. The molecule has 0 aromatic rings. The van der Waals surface area contributed by atoms with Crippen LogP contribution in [0, 0.1) is 0 Å². The molecule has 0 saturated carbocycles. The summed E-state index contributed by atoms with van der Waals surface area (Å²) in [5.74, 6) is 0.158. The van der Waals surface area contributed by atoms with Crippen molar-refractivity contribution in [3.8, 4) is 0 Å². The molecule has 2 nitrogen and oxygen atoms in total. The van der Waals surface area contributed by atoms with Crippen molar-refractivity contribution in [2.75, 3.05) is 6.54 Å². The van der Waals surface area contributed by atoms with Crippen molar-refractivity contribution in [1.82, 2.24) is 5.32 Å². The van der Waals surface area contributed by atoms with Crippen molar-refractivity contribution in [1.29, 1.82) is 0 Å². The number of carbonyl (C=O) groups is 1. The van der Waals surface area contributed by atoms with Gasteiger partial charge >= 0.3 is 0 Å². The summed E-state index contributed by atoms with van der Waals surface area (Å²) < 4.78 is 0. The first-order chi connectivity index (χ1) is 7.83. The topological polar surface area (TPSA) is 29.1 Å². The van der Waals surface area contributed by atoms with E-state index >= 15 is 0 Å². The Morgan fingerprint density at radius 2 is 2.25 bits per heavy atom. The fourth-order valence-corrected chi connectivity index (χ4v) is 1.64. The molecule has 0 saturated heterocycles. The molecule has 0 heterocycles. The number of nitrogens with one attached hydrogen (secondary N) is 1. The summed E-state index contributed by atoms with van der Waals surface area (Å²) >= 11 is 0. The standard InChI is InChI=1S/C14H21NO/c1-2-3-4-7-12-15-14(16)11-10-13-8-5-6-9-13/h5-6,8H,2-4,7,10-12H2,1H3,(H,15,16). The van der Waals surface area contributed by atoms with Crippen LogP contribution in [0.2, 0.25) is 0 Å². The summed E-state index contributed by atoms with van der Waals surface area (Å²) in [4.78, 5) is 11.4. The predicted octanol–water partition coefficient (Wildman–Crippen LogP) is 3.11. The first-order valence-electron chi connectivity index (χ1n) is 6.22. The van der Waals surface area contributed by atoms with Gasteiger partial charge in [0.05, 0.1) is 0 Å². The molecule has 0 fully saturated rings. The van der Waals surface area contributed by atoms with E-state index < -0.39 is 0 Å². The van der Waals surface area contributed by atoms with Crippen molar-refractivity contribution in [2.24, 2.45) is 0 Å². The summed E-state index contributed by atoms with van der Waals surface area (Å²) in [7, 11) is 0. The van der Waals surface area contributed by atoms with Crippen molar-refractivity contribution < 1.29 is 4.79 Å². The Balaban J connectivity index is 1.98. The van der Waals surface area contributed by atoms with E-state index in [1.807, 2.05) is 18.2 Å². The lowest BCUT2D eigenvalue weighted by atomic mass is 10.1. The second-order valence-electron chi connectivity index (χ2n) is 4.11. The molecule has 1 aliphatic rings. The molecule has 1 N–H and O–H groups in total. The monoisotopic (exact) mass is 219 g/mol.